The van der Waals surface area contributed by atoms with E-state index in [1.54, 1.807) is 13.0 Å². The Balaban J connectivity index is 2.60. The van der Waals surface area contributed by atoms with Crippen molar-refractivity contribution >= 4 is 0 Å². The summed E-state index contributed by atoms with van der Waals surface area (Å²) in [6, 6.07) is 0. The van der Waals surface area contributed by atoms with Crippen molar-refractivity contribution in [2.24, 2.45) is 0 Å². The molecular formula is C8H7NO5. The lowest BCUT2D eigenvalue weighted by Crippen LogP contribution is -2.14. The molecule has 0 radical (unpaired) electrons. The molecule has 0 amide bonds. The normalized spacial score (nSPS) is 11.0. The molecule has 1 aromatic heterocycles. The fraction of sp³-hybridized carbons (Fsp3) is 0.250. The van der Waals surface area contributed by atoms with E-state index >= 15 is 0 Å². The molecule has 0 spiro atoms. The number of hydrogen-bond acceptors (Lipinski definition) is 5. The first-order chi connectivity index (χ1) is 6.63. The van der Waals surface area contributed by atoms with E-state index in [1.807, 2.05) is 0 Å². The van der Waals surface area contributed by atoms with E-state index in [0.29, 0.717) is 10.6 Å². The summed E-state index contributed by atoms with van der Waals surface area (Å²) in [4.78, 5) is 25.6. The Morgan fingerprint density at radius 3 is 2.64 bits per heavy atom. The number of terminal acetylenes is 1. The minimum absolute atomic E-state index is 0.0383. The molecular weight excluding hydrogens is 190 g/mol. The van der Waals surface area contributed by atoms with Crippen molar-refractivity contribution in [2.45, 2.75) is 6.92 Å². The summed E-state index contributed by atoms with van der Waals surface area (Å²) >= 11 is 0. The van der Waals surface area contributed by atoms with Crippen LogP contribution in [0, 0.1) is 12.3 Å². The Hall–Kier alpha value is -2.16. The van der Waals surface area contributed by atoms with Crippen molar-refractivity contribution in [3.63, 3.8) is 0 Å². The van der Waals surface area contributed by atoms with Gasteiger partial charge in [0.1, 0.15) is 11.7 Å². The van der Waals surface area contributed by atoms with Crippen LogP contribution in [-0.2, 0) is 0 Å². The predicted molar refractivity (Wildman–Crippen MR) is 45.5 cm³/mol. The number of hydrogen-bond donors (Lipinski definition) is 0. The summed E-state index contributed by atoms with van der Waals surface area (Å²) in [5, 5.41) is 0.338. The summed E-state index contributed by atoms with van der Waals surface area (Å²) in [5.74, 6) is 2.35. The third-order valence-electron chi connectivity index (χ3n) is 1.28. The quantitative estimate of drug-likeness (QED) is 0.478. The molecule has 0 aromatic carbocycles. The Morgan fingerprint density at radius 1 is 1.57 bits per heavy atom. The van der Waals surface area contributed by atoms with E-state index in [9.17, 15) is 9.59 Å². The highest BCUT2D eigenvalue weighted by atomic mass is 17.0. The Labute approximate surface area is 78.3 Å². The van der Waals surface area contributed by atoms with Crippen molar-refractivity contribution in [1.29, 1.82) is 0 Å². The van der Waals surface area contributed by atoms with Gasteiger partial charge in [-0.15, -0.1) is 6.42 Å². The summed E-state index contributed by atoms with van der Waals surface area (Å²) in [7, 11) is 0. The van der Waals surface area contributed by atoms with Gasteiger partial charge in [0.15, 0.2) is 0 Å². The lowest BCUT2D eigenvalue weighted by molar-refractivity contribution is -0.137. The molecule has 1 aromatic rings. The van der Waals surface area contributed by atoms with Crippen molar-refractivity contribution in [3.8, 4) is 12.3 Å². The minimum Gasteiger partial charge on any atom is -0.353 e. The van der Waals surface area contributed by atoms with Gasteiger partial charge in [-0.05, 0) is 18.6 Å². The smallest absolute Gasteiger partial charge is 0.353 e. The molecule has 0 saturated carbocycles. The molecule has 6 nitrogen and oxygen atoms in total. The summed E-state index contributed by atoms with van der Waals surface area (Å²) < 4.78 is 8.42. The second-order valence-corrected chi connectivity index (χ2v) is 2.31. The molecule has 0 saturated heterocycles. The van der Waals surface area contributed by atoms with Crippen LogP contribution in [0.5, 0.6) is 0 Å². The minimum atomic E-state index is -1.12. The fourth-order valence-electron chi connectivity index (χ4n) is 0.563. The second-order valence-electron chi connectivity index (χ2n) is 2.31. The molecule has 14 heavy (non-hydrogen) atoms. The van der Waals surface area contributed by atoms with Crippen LogP contribution in [0.25, 0.3) is 0 Å². The van der Waals surface area contributed by atoms with Gasteiger partial charge in [-0.1, -0.05) is 5.92 Å². The predicted octanol–water partition coefficient (Wildman–Crippen LogP) is -0.597. The van der Waals surface area contributed by atoms with Gasteiger partial charge in [-0.3, -0.25) is 9.05 Å². The van der Waals surface area contributed by atoms with Crippen molar-refractivity contribution in [3.05, 3.63) is 32.5 Å². The van der Waals surface area contributed by atoms with Gasteiger partial charge in [0.2, 0.25) is 0 Å². The number of allylic oxidation sites excluding steroid dienone is 1. The topological polar surface area (TPSA) is 74.6 Å². The molecule has 0 unspecified atom stereocenters. The first-order valence-electron chi connectivity index (χ1n) is 3.64. The molecule has 74 valence electrons. The van der Waals surface area contributed by atoms with Crippen molar-refractivity contribution in [1.82, 2.24) is 5.08 Å². The van der Waals surface area contributed by atoms with E-state index in [-0.39, 0.29) is 6.61 Å². The van der Waals surface area contributed by atoms with Gasteiger partial charge in [-0.25, -0.2) is 9.59 Å². The molecule has 0 fully saturated rings. The lowest BCUT2D eigenvalue weighted by Gasteiger charge is -1.95. The van der Waals surface area contributed by atoms with Crippen molar-refractivity contribution < 1.29 is 13.9 Å². The van der Waals surface area contributed by atoms with E-state index in [0.717, 1.165) is 0 Å². The highest BCUT2D eigenvalue weighted by Crippen LogP contribution is 1.86. The number of aromatic nitrogens is 1. The van der Waals surface area contributed by atoms with E-state index < -0.39 is 11.3 Å². The first kappa shape index (κ1) is 9.92. The zero-order chi connectivity index (χ0) is 10.6. The van der Waals surface area contributed by atoms with Crippen molar-refractivity contribution in [2.75, 3.05) is 6.61 Å². The van der Waals surface area contributed by atoms with Crippen LogP contribution < -0.4 is 16.1 Å². The average molecular weight is 197 g/mol. The maximum Gasteiger partial charge on any atom is 0.449 e. The molecule has 0 atom stereocenters. The SMILES string of the molecule is C#C/C(C)=C\COn1oc(=O)c(=O)o1. The molecule has 0 bridgehead atoms. The monoisotopic (exact) mass is 197 g/mol. The van der Waals surface area contributed by atoms with E-state index in [2.05, 4.69) is 15.0 Å². The van der Waals surface area contributed by atoms with Crippen LogP contribution >= 0.6 is 0 Å². The third-order valence-corrected chi connectivity index (χ3v) is 1.28. The summed E-state index contributed by atoms with van der Waals surface area (Å²) in [6.07, 6.45) is 6.61. The molecule has 0 aliphatic carbocycles. The molecule has 1 rings (SSSR count). The van der Waals surface area contributed by atoms with Gasteiger partial charge >= 0.3 is 11.3 Å². The standard InChI is InChI=1S/C8H7NO5/c1-3-6(2)4-5-12-9-13-7(10)8(11)14-9/h1,4H,5H2,2H3/b6-4-. The van der Waals surface area contributed by atoms with Crippen LogP contribution in [0.3, 0.4) is 0 Å². The molecule has 0 aliphatic heterocycles. The van der Waals surface area contributed by atoms with Crippen LogP contribution in [0.15, 0.2) is 30.3 Å². The molecule has 1 heterocycles. The van der Waals surface area contributed by atoms with Crippen LogP contribution in [0.2, 0.25) is 0 Å². The number of rotatable bonds is 3. The summed E-state index contributed by atoms with van der Waals surface area (Å²) in [6.45, 7) is 1.74. The largest absolute Gasteiger partial charge is 0.449 e. The molecule has 0 aliphatic rings. The van der Waals surface area contributed by atoms with Gasteiger partial charge in [0.05, 0.1) is 0 Å². The summed E-state index contributed by atoms with van der Waals surface area (Å²) in [5.41, 5.74) is -1.59. The Bertz CT molecular complexity index is 453. The molecule has 6 heteroatoms. The maximum absolute atomic E-state index is 10.5. The highest BCUT2D eigenvalue weighted by molar-refractivity contribution is 5.22. The Kier molecular flexibility index (Phi) is 2.97. The second kappa shape index (κ2) is 4.18. The first-order valence-corrected chi connectivity index (χ1v) is 3.64. The Morgan fingerprint density at radius 2 is 2.14 bits per heavy atom. The van der Waals surface area contributed by atoms with Gasteiger partial charge in [0.25, 0.3) is 0 Å². The van der Waals surface area contributed by atoms with Crippen LogP contribution in [-0.4, -0.2) is 11.7 Å². The van der Waals surface area contributed by atoms with Gasteiger partial charge in [-0.2, -0.15) is 0 Å². The zero-order valence-electron chi connectivity index (χ0n) is 7.35. The van der Waals surface area contributed by atoms with Crippen LogP contribution in [0.1, 0.15) is 6.92 Å². The van der Waals surface area contributed by atoms with E-state index in [4.69, 9.17) is 11.3 Å². The lowest BCUT2D eigenvalue weighted by atomic mass is 10.3. The third kappa shape index (κ3) is 2.42. The van der Waals surface area contributed by atoms with Crippen LogP contribution in [0.4, 0.5) is 0 Å². The maximum atomic E-state index is 10.5. The van der Waals surface area contributed by atoms with Gasteiger partial charge in [0, 0.05) is 0 Å². The molecule has 0 N–H and O–H groups in total. The zero-order valence-corrected chi connectivity index (χ0v) is 7.35. The fourth-order valence-corrected chi connectivity index (χ4v) is 0.563. The van der Waals surface area contributed by atoms with E-state index in [1.165, 1.54) is 0 Å². The highest BCUT2D eigenvalue weighted by Gasteiger charge is 2.03. The average Bonchev–Trinajstić information content (AvgIpc) is 2.46. The number of nitrogens with zero attached hydrogens (tertiary/aromatic N) is 1. The van der Waals surface area contributed by atoms with Gasteiger partial charge < -0.3 is 4.84 Å².